The Hall–Kier alpha value is -1.21. The molecule has 128 valence electrons. The lowest BCUT2D eigenvalue weighted by Crippen LogP contribution is -2.44. The van der Waals surface area contributed by atoms with Gasteiger partial charge < -0.3 is 9.64 Å². The minimum absolute atomic E-state index is 0.158. The smallest absolute Gasteiger partial charge is 0.410 e. The third-order valence-corrected chi connectivity index (χ3v) is 5.07. The first-order valence-electron chi connectivity index (χ1n) is 7.58. The average Bonchev–Trinajstić information content (AvgIpc) is 2.45. The van der Waals surface area contributed by atoms with Gasteiger partial charge in [0.2, 0.25) is 0 Å². The van der Waals surface area contributed by atoms with Crippen LogP contribution in [0.25, 0.3) is 0 Å². The zero-order chi connectivity index (χ0) is 17.0. The Morgan fingerprint density at radius 3 is 2.87 bits per heavy atom. The van der Waals surface area contributed by atoms with Gasteiger partial charge in [0, 0.05) is 24.9 Å². The Bertz CT molecular complexity index is 592. The van der Waals surface area contributed by atoms with Crippen molar-refractivity contribution in [1.82, 2.24) is 14.9 Å². The van der Waals surface area contributed by atoms with Gasteiger partial charge in [0.15, 0.2) is 0 Å². The lowest BCUT2D eigenvalue weighted by atomic mass is 10.0. The molecule has 1 aromatic heterocycles. The molecule has 0 aliphatic carbocycles. The lowest BCUT2D eigenvalue weighted by molar-refractivity contribution is 0.0176. The van der Waals surface area contributed by atoms with E-state index in [4.69, 9.17) is 16.3 Å². The Morgan fingerprint density at radius 2 is 2.22 bits per heavy atom. The van der Waals surface area contributed by atoms with E-state index in [-0.39, 0.29) is 17.2 Å². The van der Waals surface area contributed by atoms with Crippen molar-refractivity contribution in [2.45, 2.75) is 44.2 Å². The van der Waals surface area contributed by atoms with Gasteiger partial charge >= 0.3 is 6.09 Å². The van der Waals surface area contributed by atoms with Gasteiger partial charge in [0.25, 0.3) is 0 Å². The number of halogens is 1. The van der Waals surface area contributed by atoms with Crippen molar-refractivity contribution in [1.29, 1.82) is 0 Å². The highest BCUT2D eigenvalue weighted by Crippen LogP contribution is 2.21. The molecule has 23 heavy (non-hydrogen) atoms. The van der Waals surface area contributed by atoms with E-state index in [0.717, 1.165) is 12.8 Å². The molecule has 6 nitrogen and oxygen atoms in total. The van der Waals surface area contributed by atoms with Gasteiger partial charge in [-0.3, -0.25) is 4.21 Å². The fraction of sp³-hybridized carbons (Fsp3) is 0.667. The first-order valence-corrected chi connectivity index (χ1v) is 9.28. The summed E-state index contributed by atoms with van der Waals surface area (Å²) in [7, 11) is -1.25. The zero-order valence-electron chi connectivity index (χ0n) is 13.6. The molecule has 2 unspecified atom stereocenters. The Kier molecular flexibility index (Phi) is 5.97. The van der Waals surface area contributed by atoms with E-state index < -0.39 is 16.4 Å². The van der Waals surface area contributed by atoms with Gasteiger partial charge in [-0.05, 0) is 39.5 Å². The number of amides is 1. The summed E-state index contributed by atoms with van der Waals surface area (Å²) in [6.07, 6.45) is 2.82. The SMILES string of the molecule is CC(C)(C)OC(=O)N1CCCC(CS(=O)c2cc(Cl)ncn2)C1. The van der Waals surface area contributed by atoms with Gasteiger partial charge in [-0.2, -0.15) is 0 Å². The molecule has 0 saturated carbocycles. The van der Waals surface area contributed by atoms with Crippen LogP contribution < -0.4 is 0 Å². The summed E-state index contributed by atoms with van der Waals surface area (Å²) in [6, 6.07) is 1.52. The number of hydrogen-bond donors (Lipinski definition) is 0. The summed E-state index contributed by atoms with van der Waals surface area (Å²) in [5, 5.41) is 0.710. The monoisotopic (exact) mass is 359 g/mol. The van der Waals surface area contributed by atoms with E-state index in [1.54, 1.807) is 4.90 Å². The van der Waals surface area contributed by atoms with Crippen LogP contribution in [0.2, 0.25) is 5.15 Å². The maximum Gasteiger partial charge on any atom is 0.410 e. The number of hydrogen-bond acceptors (Lipinski definition) is 5. The highest BCUT2D eigenvalue weighted by Gasteiger charge is 2.28. The first kappa shape index (κ1) is 18.1. The van der Waals surface area contributed by atoms with Crippen molar-refractivity contribution in [2.24, 2.45) is 5.92 Å². The van der Waals surface area contributed by atoms with E-state index >= 15 is 0 Å². The topological polar surface area (TPSA) is 72.4 Å². The predicted molar refractivity (Wildman–Crippen MR) is 88.8 cm³/mol. The molecule has 2 atom stereocenters. The molecule has 0 radical (unpaired) electrons. The van der Waals surface area contributed by atoms with Crippen molar-refractivity contribution >= 4 is 28.5 Å². The van der Waals surface area contributed by atoms with Crippen LogP contribution in [-0.2, 0) is 15.5 Å². The summed E-state index contributed by atoms with van der Waals surface area (Å²) >= 11 is 5.80. The molecule has 1 saturated heterocycles. The second-order valence-electron chi connectivity index (χ2n) is 6.63. The predicted octanol–water partition coefficient (Wildman–Crippen LogP) is 2.88. The molecule has 1 fully saturated rings. The van der Waals surface area contributed by atoms with Crippen LogP contribution in [0.5, 0.6) is 0 Å². The van der Waals surface area contributed by atoms with Crippen molar-refractivity contribution in [3.63, 3.8) is 0 Å². The minimum Gasteiger partial charge on any atom is -0.444 e. The molecule has 8 heteroatoms. The van der Waals surface area contributed by atoms with Crippen LogP contribution >= 0.6 is 11.6 Å². The summed E-state index contributed by atoms with van der Waals surface area (Å²) in [5.41, 5.74) is -0.509. The third-order valence-electron chi connectivity index (χ3n) is 3.40. The van der Waals surface area contributed by atoms with Gasteiger partial charge in [0.1, 0.15) is 22.1 Å². The third kappa shape index (κ3) is 5.73. The number of rotatable bonds is 3. The number of piperidine rings is 1. The van der Waals surface area contributed by atoms with Crippen molar-refractivity contribution < 1.29 is 13.7 Å². The number of carbonyl (C=O) groups excluding carboxylic acids is 1. The number of likely N-dealkylation sites (tertiary alicyclic amines) is 1. The lowest BCUT2D eigenvalue weighted by Gasteiger charge is -2.33. The normalized spacial score (nSPS) is 20.2. The van der Waals surface area contributed by atoms with E-state index in [2.05, 4.69) is 9.97 Å². The molecular weight excluding hydrogens is 338 g/mol. The van der Waals surface area contributed by atoms with Crippen LogP contribution in [0, 0.1) is 5.92 Å². The summed E-state index contributed by atoms with van der Waals surface area (Å²) in [6.45, 7) is 6.78. The maximum absolute atomic E-state index is 12.4. The quantitative estimate of drug-likeness (QED) is 0.776. The molecule has 1 amide bonds. The van der Waals surface area contributed by atoms with Crippen molar-refractivity contribution in [2.75, 3.05) is 18.8 Å². The summed E-state index contributed by atoms with van der Waals surface area (Å²) < 4.78 is 17.8. The molecule has 2 heterocycles. The van der Waals surface area contributed by atoms with E-state index in [0.29, 0.717) is 23.9 Å². The van der Waals surface area contributed by atoms with Crippen molar-refractivity contribution in [3.8, 4) is 0 Å². The Balaban J connectivity index is 1.93. The van der Waals surface area contributed by atoms with Gasteiger partial charge in [-0.15, -0.1) is 0 Å². The van der Waals surface area contributed by atoms with E-state index in [1.807, 2.05) is 20.8 Å². The maximum atomic E-state index is 12.4. The number of carbonyl (C=O) groups is 1. The molecular formula is C15H22ClN3O3S. The average molecular weight is 360 g/mol. The minimum atomic E-state index is -1.25. The molecule has 1 aliphatic rings. The zero-order valence-corrected chi connectivity index (χ0v) is 15.2. The molecule has 1 aliphatic heterocycles. The van der Waals surface area contributed by atoms with Crippen LogP contribution in [0.1, 0.15) is 33.6 Å². The Morgan fingerprint density at radius 1 is 1.48 bits per heavy atom. The van der Waals surface area contributed by atoms with Crippen LogP contribution in [0.15, 0.2) is 17.4 Å². The fourth-order valence-corrected chi connectivity index (χ4v) is 3.93. The molecule has 0 aromatic carbocycles. The molecule has 0 spiro atoms. The number of ether oxygens (including phenoxy) is 1. The fourth-order valence-electron chi connectivity index (χ4n) is 2.43. The van der Waals surface area contributed by atoms with Gasteiger partial charge in [-0.25, -0.2) is 14.8 Å². The standard InChI is InChI=1S/C15H22ClN3O3S/c1-15(2,3)22-14(20)19-6-4-5-11(8-19)9-23(21)13-7-12(16)17-10-18-13/h7,10-11H,4-6,8-9H2,1-3H3. The van der Waals surface area contributed by atoms with Crippen LogP contribution in [0.4, 0.5) is 4.79 Å². The highest BCUT2D eigenvalue weighted by molar-refractivity contribution is 7.85. The van der Waals surface area contributed by atoms with E-state index in [9.17, 15) is 9.00 Å². The molecule has 0 N–H and O–H groups in total. The van der Waals surface area contributed by atoms with Crippen molar-refractivity contribution in [3.05, 3.63) is 17.5 Å². The number of aromatic nitrogens is 2. The molecule has 1 aromatic rings. The van der Waals surface area contributed by atoms with Crippen LogP contribution in [-0.4, -0.2) is 49.6 Å². The van der Waals surface area contributed by atoms with E-state index in [1.165, 1.54) is 12.4 Å². The van der Waals surface area contributed by atoms with Crippen LogP contribution in [0.3, 0.4) is 0 Å². The Labute approximate surface area is 144 Å². The second-order valence-corrected chi connectivity index (χ2v) is 8.46. The largest absolute Gasteiger partial charge is 0.444 e. The number of nitrogens with zero attached hydrogens (tertiary/aromatic N) is 3. The van der Waals surface area contributed by atoms with Gasteiger partial charge in [-0.1, -0.05) is 11.6 Å². The molecule has 2 rings (SSSR count). The first-order chi connectivity index (χ1) is 10.7. The molecule has 0 bridgehead atoms. The second kappa shape index (κ2) is 7.57. The highest BCUT2D eigenvalue weighted by atomic mass is 35.5. The summed E-state index contributed by atoms with van der Waals surface area (Å²) in [4.78, 5) is 21.6. The summed E-state index contributed by atoms with van der Waals surface area (Å²) in [5.74, 6) is 0.609. The van der Waals surface area contributed by atoms with Gasteiger partial charge in [0.05, 0.1) is 10.8 Å².